The van der Waals surface area contributed by atoms with Gasteiger partial charge in [-0.3, -0.25) is 4.79 Å². The number of thiophene rings is 1. The molecule has 1 amide bonds. The molecule has 0 saturated carbocycles. The molecule has 36 heavy (non-hydrogen) atoms. The van der Waals surface area contributed by atoms with E-state index in [1.54, 1.807) is 0 Å². The Morgan fingerprint density at radius 2 is 1.72 bits per heavy atom. The molecule has 5 aromatic rings. The van der Waals surface area contributed by atoms with E-state index in [1.165, 1.54) is 11.3 Å². The Kier molecular flexibility index (Phi) is 6.44. The molecule has 0 radical (unpaired) electrons. The minimum Gasteiger partial charge on any atom is -0.494 e. The number of anilines is 2. The topological polar surface area (TPSA) is 77.2 Å². The fourth-order valence-corrected chi connectivity index (χ4v) is 5.32. The zero-order valence-corrected chi connectivity index (χ0v) is 21.3. The van der Waals surface area contributed by atoms with Crippen LogP contribution >= 0.6 is 11.3 Å². The lowest BCUT2D eigenvalue weighted by Gasteiger charge is -2.10. The first-order valence-electron chi connectivity index (χ1n) is 11.8. The van der Waals surface area contributed by atoms with Crippen LogP contribution in [0.25, 0.3) is 32.6 Å². The van der Waals surface area contributed by atoms with E-state index in [2.05, 4.69) is 5.32 Å². The summed E-state index contributed by atoms with van der Waals surface area (Å²) in [5, 5.41) is 3.83. The summed E-state index contributed by atoms with van der Waals surface area (Å²) in [5.74, 6) is 0.584. The third-order valence-corrected chi connectivity index (χ3v) is 7.18. The lowest BCUT2D eigenvalue weighted by Crippen LogP contribution is -2.12. The van der Waals surface area contributed by atoms with Gasteiger partial charge >= 0.3 is 0 Å². The lowest BCUT2D eigenvalue weighted by molar-refractivity contribution is 0.103. The molecule has 0 aliphatic heterocycles. The molecule has 3 N–H and O–H groups in total. The Morgan fingerprint density at radius 1 is 0.972 bits per heavy atom. The van der Waals surface area contributed by atoms with Crippen molar-refractivity contribution in [1.82, 2.24) is 4.98 Å². The normalized spacial score (nSPS) is 11.0. The molecular formula is C30H27N3O2S. The van der Waals surface area contributed by atoms with E-state index in [0.29, 0.717) is 17.2 Å². The van der Waals surface area contributed by atoms with Crippen LogP contribution in [-0.2, 0) is 0 Å². The number of nitrogens with one attached hydrogen (secondary N) is 1. The number of aryl methyl sites for hydroxylation is 2. The van der Waals surface area contributed by atoms with Gasteiger partial charge in [0.2, 0.25) is 0 Å². The molecule has 3 aromatic carbocycles. The van der Waals surface area contributed by atoms with Gasteiger partial charge in [-0.25, -0.2) is 4.98 Å². The van der Waals surface area contributed by atoms with Gasteiger partial charge in [-0.05, 0) is 73.9 Å². The molecule has 0 atom stereocenters. The number of hydrogen-bond donors (Lipinski definition) is 2. The SMILES string of the molecule is CCOc1ccc(-c2cc(-c3ccccc3)c3c(N)c(C(=O)Nc4ccc(C)cc4C)sc3n2)cc1. The van der Waals surface area contributed by atoms with Crippen molar-refractivity contribution in [2.45, 2.75) is 20.8 Å². The standard InChI is InChI=1S/C30H27N3O2S/c1-4-35-22-13-11-21(12-14-22)25-17-23(20-8-6-5-7-9-20)26-27(31)28(36-30(26)33-25)29(34)32-24-15-10-18(2)16-19(24)3/h5-17H,4,31H2,1-3H3,(H,32,34). The molecule has 0 aliphatic carbocycles. The average Bonchev–Trinajstić information content (AvgIpc) is 3.23. The van der Waals surface area contributed by atoms with Crippen LogP contribution in [0.15, 0.2) is 78.9 Å². The van der Waals surface area contributed by atoms with Crippen molar-refractivity contribution in [2.75, 3.05) is 17.7 Å². The van der Waals surface area contributed by atoms with E-state index in [9.17, 15) is 4.79 Å². The largest absolute Gasteiger partial charge is 0.494 e. The van der Waals surface area contributed by atoms with Crippen molar-refractivity contribution in [2.24, 2.45) is 0 Å². The van der Waals surface area contributed by atoms with Crippen LogP contribution in [0.1, 0.15) is 27.7 Å². The number of amides is 1. The number of hydrogen-bond acceptors (Lipinski definition) is 5. The van der Waals surface area contributed by atoms with Crippen LogP contribution in [0, 0.1) is 13.8 Å². The monoisotopic (exact) mass is 493 g/mol. The molecular weight excluding hydrogens is 466 g/mol. The molecule has 0 aliphatic rings. The quantitative estimate of drug-likeness (QED) is 0.257. The smallest absolute Gasteiger partial charge is 0.267 e. The first-order valence-corrected chi connectivity index (χ1v) is 12.7. The Labute approximate surface area is 214 Å². The molecule has 0 fully saturated rings. The molecule has 2 aromatic heterocycles. The summed E-state index contributed by atoms with van der Waals surface area (Å²) in [6, 6.07) is 25.9. The summed E-state index contributed by atoms with van der Waals surface area (Å²) in [7, 11) is 0. The average molecular weight is 494 g/mol. The predicted molar refractivity (Wildman–Crippen MR) is 150 cm³/mol. The second-order valence-corrected chi connectivity index (χ2v) is 9.68. The summed E-state index contributed by atoms with van der Waals surface area (Å²) < 4.78 is 5.59. The highest BCUT2D eigenvalue weighted by Crippen LogP contribution is 2.41. The Balaban J connectivity index is 1.62. The minimum atomic E-state index is -0.232. The minimum absolute atomic E-state index is 0.232. The van der Waals surface area contributed by atoms with Gasteiger partial charge < -0.3 is 15.8 Å². The molecule has 5 nitrogen and oxygen atoms in total. The van der Waals surface area contributed by atoms with Crippen LogP contribution in [0.5, 0.6) is 5.75 Å². The highest BCUT2D eigenvalue weighted by atomic mass is 32.1. The van der Waals surface area contributed by atoms with E-state index in [-0.39, 0.29) is 5.91 Å². The number of benzene rings is 3. The molecule has 0 spiro atoms. The number of nitrogens with zero attached hydrogens (tertiary/aromatic N) is 1. The summed E-state index contributed by atoms with van der Waals surface area (Å²) in [6.07, 6.45) is 0. The predicted octanol–water partition coefficient (Wildman–Crippen LogP) is 7.48. The van der Waals surface area contributed by atoms with Crippen LogP contribution in [-0.4, -0.2) is 17.5 Å². The maximum absolute atomic E-state index is 13.3. The molecule has 180 valence electrons. The second-order valence-electron chi connectivity index (χ2n) is 8.68. The van der Waals surface area contributed by atoms with Gasteiger partial charge in [0.25, 0.3) is 5.91 Å². The molecule has 0 unspecified atom stereocenters. The number of fused-ring (bicyclic) bond motifs is 1. The molecule has 6 heteroatoms. The van der Waals surface area contributed by atoms with Gasteiger partial charge in [0.15, 0.2) is 0 Å². The van der Waals surface area contributed by atoms with E-state index in [0.717, 1.165) is 55.2 Å². The van der Waals surface area contributed by atoms with E-state index >= 15 is 0 Å². The van der Waals surface area contributed by atoms with Crippen molar-refractivity contribution in [3.63, 3.8) is 0 Å². The fraction of sp³-hybridized carbons (Fsp3) is 0.133. The van der Waals surface area contributed by atoms with E-state index < -0.39 is 0 Å². The van der Waals surface area contributed by atoms with E-state index in [4.69, 9.17) is 15.5 Å². The maximum Gasteiger partial charge on any atom is 0.267 e. The van der Waals surface area contributed by atoms with Gasteiger partial charge in [0, 0.05) is 16.6 Å². The molecule has 0 saturated heterocycles. The summed E-state index contributed by atoms with van der Waals surface area (Å²) in [4.78, 5) is 19.4. The highest BCUT2D eigenvalue weighted by Gasteiger charge is 2.22. The summed E-state index contributed by atoms with van der Waals surface area (Å²) in [6.45, 7) is 6.59. The van der Waals surface area contributed by atoms with Crippen LogP contribution < -0.4 is 15.8 Å². The number of aromatic nitrogens is 1. The van der Waals surface area contributed by atoms with Gasteiger partial charge in [-0.15, -0.1) is 11.3 Å². The third-order valence-electron chi connectivity index (χ3n) is 6.08. The maximum atomic E-state index is 13.3. The third kappa shape index (κ3) is 4.55. The van der Waals surface area contributed by atoms with Gasteiger partial charge in [0.05, 0.1) is 18.0 Å². The Hall–Kier alpha value is -4.16. The zero-order valence-electron chi connectivity index (χ0n) is 20.5. The Morgan fingerprint density at radius 3 is 2.42 bits per heavy atom. The van der Waals surface area contributed by atoms with Gasteiger partial charge in [-0.2, -0.15) is 0 Å². The number of nitrogen functional groups attached to an aromatic ring is 1. The van der Waals surface area contributed by atoms with Crippen LogP contribution in [0.3, 0.4) is 0 Å². The number of nitrogens with two attached hydrogens (primary N) is 1. The van der Waals surface area contributed by atoms with Crippen molar-refractivity contribution in [1.29, 1.82) is 0 Å². The number of carbonyl (C=O) groups is 1. The fourth-order valence-electron chi connectivity index (χ4n) is 4.30. The first-order chi connectivity index (χ1) is 17.4. The van der Waals surface area contributed by atoms with Crippen LogP contribution in [0.4, 0.5) is 11.4 Å². The van der Waals surface area contributed by atoms with Gasteiger partial charge in [0.1, 0.15) is 15.5 Å². The van der Waals surface area contributed by atoms with Crippen molar-refractivity contribution >= 4 is 38.8 Å². The summed E-state index contributed by atoms with van der Waals surface area (Å²) >= 11 is 1.32. The Bertz CT molecular complexity index is 1560. The molecule has 0 bridgehead atoms. The second kappa shape index (κ2) is 9.84. The summed E-state index contributed by atoms with van der Waals surface area (Å²) in [5.41, 5.74) is 13.7. The zero-order chi connectivity index (χ0) is 25.2. The molecule has 2 heterocycles. The number of pyridine rings is 1. The van der Waals surface area contributed by atoms with Crippen LogP contribution in [0.2, 0.25) is 0 Å². The molecule has 5 rings (SSSR count). The van der Waals surface area contributed by atoms with Gasteiger partial charge in [-0.1, -0.05) is 48.0 Å². The number of carbonyl (C=O) groups excluding carboxylic acids is 1. The number of ether oxygens (including phenoxy) is 1. The lowest BCUT2D eigenvalue weighted by atomic mass is 9.99. The first kappa shape index (κ1) is 23.6. The highest BCUT2D eigenvalue weighted by molar-refractivity contribution is 7.21. The number of rotatable bonds is 6. The van der Waals surface area contributed by atoms with E-state index in [1.807, 2.05) is 99.6 Å². The van der Waals surface area contributed by atoms with Crippen molar-refractivity contribution in [3.05, 3.63) is 94.9 Å². The van der Waals surface area contributed by atoms with Crippen molar-refractivity contribution < 1.29 is 9.53 Å². The van der Waals surface area contributed by atoms with Crippen molar-refractivity contribution in [3.8, 4) is 28.1 Å².